The minimum atomic E-state index is -0.164. The van der Waals surface area contributed by atoms with Crippen LogP contribution in [0.3, 0.4) is 0 Å². The van der Waals surface area contributed by atoms with E-state index in [1.165, 1.54) is 17.3 Å². The number of nitrogens with one attached hydrogen (secondary N) is 1. The number of thioether (sulfide) groups is 1. The maximum atomic E-state index is 13.2. The Morgan fingerprint density at radius 1 is 1.00 bits per heavy atom. The van der Waals surface area contributed by atoms with Gasteiger partial charge in [-0.3, -0.25) is 14.2 Å². The predicted octanol–water partition coefficient (Wildman–Crippen LogP) is 4.77. The number of hydrogen-bond acceptors (Lipinski definition) is 5. The van der Waals surface area contributed by atoms with Gasteiger partial charge in [0.15, 0.2) is 5.16 Å². The topological polar surface area (TPSA) is 73.2 Å². The van der Waals surface area contributed by atoms with Crippen LogP contribution in [0.15, 0.2) is 88.8 Å². The number of methoxy groups -OCH3 is 1. The number of aryl methyl sites for hydroxylation is 1. The van der Waals surface area contributed by atoms with Crippen molar-refractivity contribution in [1.82, 2.24) is 9.55 Å². The van der Waals surface area contributed by atoms with Crippen LogP contribution in [-0.2, 0) is 17.8 Å². The highest BCUT2D eigenvalue weighted by atomic mass is 32.2. The van der Waals surface area contributed by atoms with E-state index in [0.717, 1.165) is 18.6 Å². The molecule has 0 atom stereocenters. The number of carbonyl (C=O) groups is 1. The number of ether oxygens (including phenoxy) is 1. The molecule has 0 aliphatic heterocycles. The molecule has 1 aromatic heterocycles. The van der Waals surface area contributed by atoms with E-state index in [1.54, 1.807) is 42.0 Å². The Hall–Kier alpha value is -3.58. The predicted molar refractivity (Wildman–Crippen MR) is 133 cm³/mol. The summed E-state index contributed by atoms with van der Waals surface area (Å²) in [5.74, 6) is 0.709. The van der Waals surface area contributed by atoms with Crippen LogP contribution in [0.5, 0.6) is 5.75 Å². The second-order valence-electron chi connectivity index (χ2n) is 7.52. The number of carbonyl (C=O) groups excluding carboxylic acids is 1. The number of rotatable bonds is 9. The van der Waals surface area contributed by atoms with Crippen LogP contribution in [0.2, 0.25) is 0 Å². The second-order valence-corrected chi connectivity index (χ2v) is 8.47. The normalized spacial score (nSPS) is 10.8. The molecular weight excluding hydrogens is 434 g/mol. The van der Waals surface area contributed by atoms with Crippen molar-refractivity contribution in [1.29, 1.82) is 0 Å². The molecular formula is C26H25N3O3S. The number of aromatic nitrogens is 2. The Balaban J connectivity index is 1.49. The third-order valence-corrected chi connectivity index (χ3v) is 6.20. The average Bonchev–Trinajstić information content (AvgIpc) is 2.85. The molecule has 0 saturated carbocycles. The lowest BCUT2D eigenvalue weighted by atomic mass is 10.1. The molecule has 0 radical (unpaired) electrons. The maximum Gasteiger partial charge on any atom is 0.262 e. The zero-order valence-corrected chi connectivity index (χ0v) is 19.2. The quantitative estimate of drug-likeness (QED) is 0.288. The van der Waals surface area contributed by atoms with Gasteiger partial charge in [0.2, 0.25) is 5.91 Å². The summed E-state index contributed by atoms with van der Waals surface area (Å²) in [7, 11) is 1.60. The lowest BCUT2D eigenvalue weighted by Gasteiger charge is -2.13. The van der Waals surface area contributed by atoms with E-state index in [2.05, 4.69) is 17.4 Å². The van der Waals surface area contributed by atoms with Crippen molar-refractivity contribution < 1.29 is 9.53 Å². The summed E-state index contributed by atoms with van der Waals surface area (Å²) < 4.78 is 6.83. The molecule has 1 amide bonds. The first kappa shape index (κ1) is 22.6. The van der Waals surface area contributed by atoms with Gasteiger partial charge in [0, 0.05) is 12.2 Å². The number of para-hydroxylation sites is 1. The fraction of sp³-hybridized carbons (Fsp3) is 0.192. The highest BCUT2D eigenvalue weighted by molar-refractivity contribution is 7.99. The third-order valence-electron chi connectivity index (χ3n) is 5.22. The Morgan fingerprint density at radius 3 is 2.48 bits per heavy atom. The van der Waals surface area contributed by atoms with Crippen LogP contribution in [-0.4, -0.2) is 28.3 Å². The summed E-state index contributed by atoms with van der Waals surface area (Å²) in [4.78, 5) is 30.4. The Bertz CT molecular complexity index is 1290. The molecule has 0 unspecified atom stereocenters. The van der Waals surface area contributed by atoms with Crippen LogP contribution < -0.4 is 15.6 Å². The van der Waals surface area contributed by atoms with Crippen molar-refractivity contribution in [2.45, 2.75) is 24.5 Å². The number of anilines is 1. The molecule has 7 heteroatoms. The van der Waals surface area contributed by atoms with Gasteiger partial charge in [0.1, 0.15) is 5.75 Å². The first-order chi connectivity index (χ1) is 16.1. The SMILES string of the molecule is COc1ccc(NC(=O)CSc2nc3ccccc3c(=O)n2CCCc2ccccc2)cc1. The van der Waals surface area contributed by atoms with Crippen molar-refractivity contribution in [3.05, 3.63) is 94.8 Å². The second kappa shape index (κ2) is 10.8. The van der Waals surface area contributed by atoms with E-state index < -0.39 is 0 Å². The fourth-order valence-electron chi connectivity index (χ4n) is 3.54. The molecule has 0 fully saturated rings. The molecule has 0 bridgehead atoms. The first-order valence-electron chi connectivity index (χ1n) is 10.7. The van der Waals surface area contributed by atoms with Crippen LogP contribution in [0.1, 0.15) is 12.0 Å². The summed E-state index contributed by atoms with van der Waals surface area (Å²) in [6.45, 7) is 0.536. The summed E-state index contributed by atoms with van der Waals surface area (Å²) in [5.41, 5.74) is 2.48. The Labute approximate surface area is 196 Å². The van der Waals surface area contributed by atoms with Crippen LogP contribution in [0.4, 0.5) is 5.69 Å². The standard InChI is InChI=1S/C26H25N3O3S/c1-32-21-15-13-20(14-16-21)27-24(30)18-33-26-28-23-12-6-5-11-22(23)25(31)29(26)17-7-10-19-8-3-2-4-9-19/h2-6,8-9,11-16H,7,10,17-18H2,1H3,(H,27,30). The average molecular weight is 460 g/mol. The molecule has 0 saturated heterocycles. The van der Waals surface area contributed by atoms with Gasteiger partial charge >= 0.3 is 0 Å². The van der Waals surface area contributed by atoms with Gasteiger partial charge in [-0.2, -0.15) is 0 Å². The van der Waals surface area contributed by atoms with Gasteiger partial charge in [-0.15, -0.1) is 0 Å². The van der Waals surface area contributed by atoms with Gasteiger partial charge < -0.3 is 10.1 Å². The number of amides is 1. The molecule has 0 aliphatic rings. The molecule has 6 nitrogen and oxygen atoms in total. The van der Waals surface area contributed by atoms with Crippen molar-refractivity contribution in [2.24, 2.45) is 0 Å². The smallest absolute Gasteiger partial charge is 0.262 e. The van der Waals surface area contributed by atoms with Gasteiger partial charge in [0.05, 0.1) is 23.8 Å². The number of nitrogens with zero attached hydrogens (tertiary/aromatic N) is 2. The molecule has 1 N–H and O–H groups in total. The monoisotopic (exact) mass is 459 g/mol. The number of benzene rings is 3. The Morgan fingerprint density at radius 2 is 1.73 bits per heavy atom. The van der Waals surface area contributed by atoms with Crippen LogP contribution in [0, 0.1) is 0 Å². The Kier molecular flexibility index (Phi) is 7.42. The summed E-state index contributed by atoms with van der Waals surface area (Å²) in [6, 6.07) is 24.7. The van der Waals surface area contributed by atoms with Crippen LogP contribution in [0.25, 0.3) is 10.9 Å². The maximum absolute atomic E-state index is 13.2. The lowest BCUT2D eigenvalue weighted by Crippen LogP contribution is -2.24. The zero-order chi connectivity index (χ0) is 23.0. The van der Waals surface area contributed by atoms with Gasteiger partial charge in [-0.05, 0) is 54.8 Å². The minimum Gasteiger partial charge on any atom is -0.497 e. The largest absolute Gasteiger partial charge is 0.497 e. The van der Waals surface area contributed by atoms with Crippen molar-refractivity contribution >= 4 is 34.3 Å². The van der Waals surface area contributed by atoms with Crippen molar-refractivity contribution in [2.75, 3.05) is 18.2 Å². The summed E-state index contributed by atoms with van der Waals surface area (Å²) in [5, 5.41) is 4.01. The molecule has 0 aliphatic carbocycles. The molecule has 3 aromatic carbocycles. The zero-order valence-electron chi connectivity index (χ0n) is 18.4. The van der Waals surface area contributed by atoms with E-state index in [1.807, 2.05) is 36.4 Å². The third kappa shape index (κ3) is 5.81. The van der Waals surface area contributed by atoms with E-state index in [0.29, 0.717) is 28.3 Å². The summed E-state index contributed by atoms with van der Waals surface area (Å²) >= 11 is 1.27. The van der Waals surface area contributed by atoms with Gasteiger partial charge in [-0.1, -0.05) is 54.2 Å². The highest BCUT2D eigenvalue weighted by Gasteiger charge is 2.13. The van der Waals surface area contributed by atoms with E-state index in [9.17, 15) is 9.59 Å². The molecule has 1 heterocycles. The van der Waals surface area contributed by atoms with E-state index >= 15 is 0 Å². The molecule has 0 spiro atoms. The molecule has 33 heavy (non-hydrogen) atoms. The molecule has 4 aromatic rings. The number of fused-ring (bicyclic) bond motifs is 1. The molecule has 168 valence electrons. The first-order valence-corrected chi connectivity index (χ1v) is 11.7. The lowest BCUT2D eigenvalue weighted by molar-refractivity contribution is -0.113. The summed E-state index contributed by atoms with van der Waals surface area (Å²) in [6.07, 6.45) is 1.66. The van der Waals surface area contributed by atoms with E-state index in [4.69, 9.17) is 9.72 Å². The minimum absolute atomic E-state index is 0.0771. The fourth-order valence-corrected chi connectivity index (χ4v) is 4.37. The molecule has 4 rings (SSSR count). The van der Waals surface area contributed by atoms with Crippen molar-refractivity contribution in [3.8, 4) is 5.75 Å². The van der Waals surface area contributed by atoms with Crippen molar-refractivity contribution in [3.63, 3.8) is 0 Å². The van der Waals surface area contributed by atoms with Gasteiger partial charge in [0.25, 0.3) is 5.56 Å². The van der Waals surface area contributed by atoms with Gasteiger partial charge in [-0.25, -0.2) is 4.98 Å². The van der Waals surface area contributed by atoms with Crippen LogP contribution >= 0.6 is 11.8 Å². The number of hydrogen-bond donors (Lipinski definition) is 1. The van der Waals surface area contributed by atoms with E-state index in [-0.39, 0.29) is 17.2 Å². The highest BCUT2D eigenvalue weighted by Crippen LogP contribution is 2.20.